The highest BCUT2D eigenvalue weighted by molar-refractivity contribution is 6.02. The number of Topliss-reactive ketones (excluding diaryl/α,β-unsaturated/α-hetero) is 1. The molecule has 1 heterocycles. The normalized spacial score (nSPS) is 32.7. The van der Waals surface area contributed by atoms with Gasteiger partial charge in [0.2, 0.25) is 5.78 Å². The van der Waals surface area contributed by atoms with Crippen molar-refractivity contribution in [2.75, 3.05) is 33.2 Å². The highest BCUT2D eigenvalue weighted by Crippen LogP contribution is 2.32. The molecule has 0 amide bonds. The van der Waals surface area contributed by atoms with Crippen molar-refractivity contribution in [1.82, 2.24) is 9.80 Å². The molecule has 0 aromatic heterocycles. The number of nitrogens with zero attached hydrogens (tertiary/aromatic N) is 2. The van der Waals surface area contributed by atoms with Crippen molar-refractivity contribution in [1.29, 1.82) is 0 Å². The van der Waals surface area contributed by atoms with Crippen molar-refractivity contribution in [3.63, 3.8) is 0 Å². The van der Waals surface area contributed by atoms with Crippen molar-refractivity contribution in [3.8, 4) is 0 Å². The molecule has 2 aliphatic rings. The van der Waals surface area contributed by atoms with Gasteiger partial charge in [-0.2, -0.15) is 0 Å². The Kier molecular flexibility index (Phi) is 2.67. The Bertz CT molecular complexity index is 341. The van der Waals surface area contributed by atoms with Crippen LogP contribution in [0.2, 0.25) is 0 Å². The first-order valence-electron chi connectivity index (χ1n) is 5.54. The zero-order chi connectivity index (χ0) is 11.9. The molecule has 16 heavy (non-hydrogen) atoms. The number of aliphatic hydroxyl groups excluding tert-OH is 1. The van der Waals surface area contributed by atoms with Crippen molar-refractivity contribution in [3.05, 3.63) is 11.5 Å². The van der Waals surface area contributed by atoms with Gasteiger partial charge in [0.1, 0.15) is 5.60 Å². The lowest BCUT2D eigenvalue weighted by atomic mass is 10.0. The maximum Gasteiger partial charge on any atom is 0.230 e. The summed E-state index contributed by atoms with van der Waals surface area (Å²) in [7, 11) is 2.04. The predicted molar refractivity (Wildman–Crippen MR) is 59.0 cm³/mol. The van der Waals surface area contributed by atoms with Gasteiger partial charge >= 0.3 is 0 Å². The molecule has 0 bridgehead atoms. The summed E-state index contributed by atoms with van der Waals surface area (Å²) in [5.74, 6) is -0.809. The van der Waals surface area contributed by atoms with Gasteiger partial charge in [0.05, 0.1) is 5.70 Å². The van der Waals surface area contributed by atoms with Crippen LogP contribution < -0.4 is 0 Å². The maximum absolute atomic E-state index is 11.5. The number of ketones is 1. The largest absolute Gasteiger partial charge is 0.503 e. The van der Waals surface area contributed by atoms with E-state index in [9.17, 15) is 15.0 Å². The maximum atomic E-state index is 11.5. The van der Waals surface area contributed by atoms with E-state index >= 15 is 0 Å². The van der Waals surface area contributed by atoms with E-state index in [2.05, 4.69) is 4.90 Å². The number of carbonyl (C=O) groups excluding carboxylic acids is 1. The summed E-state index contributed by atoms with van der Waals surface area (Å²) in [5.41, 5.74) is -0.828. The van der Waals surface area contributed by atoms with E-state index in [1.807, 2.05) is 11.9 Å². The summed E-state index contributed by atoms with van der Waals surface area (Å²) >= 11 is 0. The minimum Gasteiger partial charge on any atom is -0.503 e. The van der Waals surface area contributed by atoms with Gasteiger partial charge in [-0.05, 0) is 14.0 Å². The number of aliphatic hydroxyl groups is 2. The number of likely N-dealkylation sites (N-methyl/N-ethyl adjacent to an activating group) is 1. The van der Waals surface area contributed by atoms with E-state index in [0.717, 1.165) is 26.2 Å². The molecule has 0 spiro atoms. The summed E-state index contributed by atoms with van der Waals surface area (Å²) in [6.45, 7) is 4.85. The molecule has 90 valence electrons. The van der Waals surface area contributed by atoms with E-state index in [-0.39, 0.29) is 12.2 Å². The second-order valence-corrected chi connectivity index (χ2v) is 4.87. The Morgan fingerprint density at radius 2 is 1.81 bits per heavy atom. The predicted octanol–water partition coefficient (Wildman–Crippen LogP) is -0.273. The molecule has 5 nitrogen and oxygen atoms in total. The fourth-order valence-electron chi connectivity index (χ4n) is 2.21. The first-order valence-corrected chi connectivity index (χ1v) is 5.54. The molecule has 1 saturated heterocycles. The molecule has 1 unspecified atom stereocenters. The number of rotatable bonds is 1. The Hall–Kier alpha value is -1.07. The average Bonchev–Trinajstić information content (AvgIpc) is 2.44. The SMILES string of the molecule is CN1CCN(C2=C(O)C(=O)C(C)(O)C2)CC1. The molecule has 1 fully saturated rings. The Morgan fingerprint density at radius 3 is 2.25 bits per heavy atom. The first-order chi connectivity index (χ1) is 7.42. The number of hydrogen-bond acceptors (Lipinski definition) is 5. The molecule has 2 N–H and O–H groups in total. The Labute approximate surface area is 95.0 Å². The zero-order valence-corrected chi connectivity index (χ0v) is 9.73. The molecule has 0 saturated carbocycles. The van der Waals surface area contributed by atoms with E-state index in [0.29, 0.717) is 5.70 Å². The molecule has 1 atom stereocenters. The van der Waals surface area contributed by atoms with Crippen LogP contribution in [0.5, 0.6) is 0 Å². The van der Waals surface area contributed by atoms with Crippen LogP contribution in [0.4, 0.5) is 0 Å². The van der Waals surface area contributed by atoms with Crippen LogP contribution >= 0.6 is 0 Å². The lowest BCUT2D eigenvalue weighted by Gasteiger charge is -2.35. The van der Waals surface area contributed by atoms with Crippen LogP contribution in [0.15, 0.2) is 11.5 Å². The standard InChI is InChI=1S/C11H18N2O3/c1-11(16)7-8(9(14)10(11)15)13-5-3-12(2)4-6-13/h14,16H,3-7H2,1-2H3. The Balaban J connectivity index is 2.14. The van der Waals surface area contributed by atoms with Crippen molar-refractivity contribution in [2.24, 2.45) is 0 Å². The van der Waals surface area contributed by atoms with Gasteiger partial charge in [-0.1, -0.05) is 0 Å². The smallest absolute Gasteiger partial charge is 0.230 e. The van der Waals surface area contributed by atoms with Gasteiger partial charge in [-0.3, -0.25) is 4.79 Å². The molecule has 1 aliphatic heterocycles. The van der Waals surface area contributed by atoms with E-state index in [4.69, 9.17) is 0 Å². The van der Waals surface area contributed by atoms with Gasteiger partial charge in [0.25, 0.3) is 0 Å². The van der Waals surface area contributed by atoms with Crippen LogP contribution in [-0.4, -0.2) is 64.6 Å². The summed E-state index contributed by atoms with van der Waals surface area (Å²) in [5, 5.41) is 19.5. The van der Waals surface area contributed by atoms with E-state index in [1.54, 1.807) is 0 Å². The van der Waals surface area contributed by atoms with E-state index < -0.39 is 11.4 Å². The molecule has 0 aromatic carbocycles. The van der Waals surface area contributed by atoms with Crippen molar-refractivity contribution in [2.45, 2.75) is 18.9 Å². The quantitative estimate of drug-likeness (QED) is 0.644. The number of hydrogen-bond donors (Lipinski definition) is 2. The zero-order valence-electron chi connectivity index (χ0n) is 9.73. The molecule has 5 heteroatoms. The fourth-order valence-corrected chi connectivity index (χ4v) is 2.21. The molecular formula is C11H18N2O3. The topological polar surface area (TPSA) is 64.0 Å². The molecule has 2 rings (SSSR count). The molecule has 0 aromatic rings. The highest BCUT2D eigenvalue weighted by Gasteiger charge is 2.44. The van der Waals surface area contributed by atoms with Crippen LogP contribution in [0, 0.1) is 0 Å². The summed E-state index contributed by atoms with van der Waals surface area (Å²) in [6.07, 6.45) is 0.224. The third-order valence-electron chi connectivity index (χ3n) is 3.37. The number of piperazine rings is 1. The minimum atomic E-state index is -1.43. The van der Waals surface area contributed by atoms with Crippen LogP contribution in [0.3, 0.4) is 0 Å². The second kappa shape index (κ2) is 3.75. The lowest BCUT2D eigenvalue weighted by Crippen LogP contribution is -2.44. The monoisotopic (exact) mass is 226 g/mol. The second-order valence-electron chi connectivity index (χ2n) is 4.87. The van der Waals surface area contributed by atoms with Gasteiger partial charge < -0.3 is 20.0 Å². The number of carbonyl (C=O) groups is 1. The summed E-state index contributed by atoms with van der Waals surface area (Å²) in [4.78, 5) is 15.7. The van der Waals surface area contributed by atoms with Gasteiger partial charge in [0, 0.05) is 32.6 Å². The van der Waals surface area contributed by atoms with Crippen LogP contribution in [0.1, 0.15) is 13.3 Å². The lowest BCUT2D eigenvalue weighted by molar-refractivity contribution is -0.132. The van der Waals surface area contributed by atoms with Crippen LogP contribution in [0.25, 0.3) is 0 Å². The molecule has 0 radical (unpaired) electrons. The van der Waals surface area contributed by atoms with Crippen molar-refractivity contribution < 1.29 is 15.0 Å². The van der Waals surface area contributed by atoms with Crippen LogP contribution in [-0.2, 0) is 4.79 Å². The van der Waals surface area contributed by atoms with Gasteiger partial charge in [-0.25, -0.2) is 0 Å². The third kappa shape index (κ3) is 1.81. The summed E-state index contributed by atoms with van der Waals surface area (Å²) < 4.78 is 0. The summed E-state index contributed by atoms with van der Waals surface area (Å²) in [6, 6.07) is 0. The van der Waals surface area contributed by atoms with Gasteiger partial charge in [-0.15, -0.1) is 0 Å². The fraction of sp³-hybridized carbons (Fsp3) is 0.727. The molecular weight excluding hydrogens is 208 g/mol. The van der Waals surface area contributed by atoms with Gasteiger partial charge in [0.15, 0.2) is 5.76 Å². The third-order valence-corrected chi connectivity index (χ3v) is 3.37. The van der Waals surface area contributed by atoms with Crippen molar-refractivity contribution >= 4 is 5.78 Å². The first kappa shape index (κ1) is 11.4. The molecule has 1 aliphatic carbocycles. The Morgan fingerprint density at radius 1 is 1.25 bits per heavy atom. The minimum absolute atomic E-state index is 0.224. The van der Waals surface area contributed by atoms with E-state index in [1.165, 1.54) is 6.92 Å². The highest BCUT2D eigenvalue weighted by atomic mass is 16.3. The average molecular weight is 226 g/mol.